The fourth-order valence-corrected chi connectivity index (χ4v) is 2.90. The van der Waals surface area contributed by atoms with Gasteiger partial charge in [-0.1, -0.05) is 0 Å². The van der Waals surface area contributed by atoms with Crippen LogP contribution in [0.1, 0.15) is 17.8 Å². The minimum Gasteiger partial charge on any atom is -0.494 e. The number of nitrogens with zero attached hydrogens (tertiary/aromatic N) is 4. The Hall–Kier alpha value is -3.30. The largest absolute Gasteiger partial charge is 0.494 e. The zero-order valence-electron chi connectivity index (χ0n) is 15.8. The molecular formula is C17H15B2F3N4O3. The van der Waals surface area contributed by atoms with Gasteiger partial charge in [0, 0.05) is 23.5 Å². The molecule has 0 saturated carbocycles. The number of nitro benzene ring substituents is 1. The summed E-state index contributed by atoms with van der Waals surface area (Å²) in [6.45, 7) is -2.77. The van der Waals surface area contributed by atoms with Crippen LogP contribution in [0, 0.1) is 15.9 Å². The van der Waals surface area contributed by atoms with E-state index in [0.29, 0.717) is 15.9 Å². The Morgan fingerprint density at radius 1 is 1.28 bits per heavy atom. The number of ether oxygens (including phenoxy) is 1. The third kappa shape index (κ3) is 3.96. The second-order valence-corrected chi connectivity index (χ2v) is 6.81. The fraction of sp³-hybridized carbons (Fsp3) is 0.176. The number of rotatable bonds is 6. The molecule has 0 bridgehead atoms. The molecule has 0 aliphatic carbocycles. The maximum Gasteiger partial charge on any atom is 0.333 e. The average Bonchev–Trinajstić information content (AvgIpc) is 3.18. The van der Waals surface area contributed by atoms with Crippen molar-refractivity contribution >= 4 is 21.4 Å². The molecule has 0 N–H and O–H groups in total. The fourth-order valence-electron chi connectivity index (χ4n) is 2.90. The summed E-state index contributed by atoms with van der Waals surface area (Å²) in [7, 11) is 4.94. The standard InChI is InChI=1S/C17H15B2F3N4O3/c1-29-13-2-3-14(17(18,19)10-7-23-25(8-10)16(21)22)24-15(13)9-4-11(20)6-12(5-9)26(27)28/h2-8,16H,18-19H2,1H3. The number of nitro groups is 1. The van der Waals surface area contributed by atoms with Gasteiger partial charge in [-0.3, -0.25) is 10.1 Å². The number of benzene rings is 1. The molecule has 2 heterocycles. The van der Waals surface area contributed by atoms with Gasteiger partial charge in [0.2, 0.25) is 0 Å². The Bertz CT molecular complexity index is 1080. The van der Waals surface area contributed by atoms with E-state index in [1.165, 1.54) is 25.6 Å². The van der Waals surface area contributed by atoms with Crippen LogP contribution in [0.15, 0.2) is 42.7 Å². The summed E-state index contributed by atoms with van der Waals surface area (Å²) in [5, 5.41) is 13.9. The number of alkyl halides is 2. The van der Waals surface area contributed by atoms with Crippen LogP contribution >= 0.6 is 0 Å². The summed E-state index contributed by atoms with van der Waals surface area (Å²) in [6.07, 6.45) is 2.55. The summed E-state index contributed by atoms with van der Waals surface area (Å²) in [6, 6.07) is 6.36. The lowest BCUT2D eigenvalue weighted by molar-refractivity contribution is -0.385. The summed E-state index contributed by atoms with van der Waals surface area (Å²) in [5.74, 6) is -0.506. The second kappa shape index (κ2) is 7.61. The van der Waals surface area contributed by atoms with Gasteiger partial charge in [0.05, 0.1) is 24.3 Å². The number of hydrogen-bond acceptors (Lipinski definition) is 5. The molecule has 3 rings (SSSR count). The topological polar surface area (TPSA) is 83.1 Å². The highest BCUT2D eigenvalue weighted by molar-refractivity contribution is 6.42. The highest BCUT2D eigenvalue weighted by Gasteiger charge is 2.28. The summed E-state index contributed by atoms with van der Waals surface area (Å²) < 4.78 is 45.5. The van der Waals surface area contributed by atoms with Gasteiger partial charge >= 0.3 is 6.55 Å². The van der Waals surface area contributed by atoms with Gasteiger partial charge in [-0.2, -0.15) is 13.9 Å². The third-order valence-corrected chi connectivity index (χ3v) is 4.61. The number of hydrogen-bond donors (Lipinski definition) is 0. The first-order valence-electron chi connectivity index (χ1n) is 8.47. The summed E-state index contributed by atoms with van der Waals surface area (Å²) in [5.41, 5.74) is 0.892. The van der Waals surface area contributed by atoms with Crippen molar-refractivity contribution in [3.63, 3.8) is 0 Å². The molecule has 29 heavy (non-hydrogen) atoms. The molecule has 1 aromatic carbocycles. The lowest BCUT2D eigenvalue weighted by atomic mass is 9.50. The van der Waals surface area contributed by atoms with E-state index in [-0.39, 0.29) is 17.0 Å². The van der Waals surface area contributed by atoms with E-state index in [4.69, 9.17) is 4.74 Å². The molecule has 3 aromatic rings. The first kappa shape index (κ1) is 20.4. The zero-order chi connectivity index (χ0) is 21.3. The van der Waals surface area contributed by atoms with Crippen molar-refractivity contribution in [3.05, 3.63) is 69.9 Å². The number of pyridine rings is 1. The number of aromatic nitrogens is 3. The molecule has 0 fully saturated rings. The highest BCUT2D eigenvalue weighted by atomic mass is 19.3. The van der Waals surface area contributed by atoms with E-state index >= 15 is 0 Å². The molecule has 0 aliphatic rings. The van der Waals surface area contributed by atoms with Crippen molar-refractivity contribution in [3.8, 4) is 17.0 Å². The SMILES string of the molecule is BC(B)(c1cnn(C(F)F)c1)c1ccc(OC)c(-c2cc(F)cc([N+](=O)[O-])c2)n1. The quantitative estimate of drug-likeness (QED) is 0.357. The van der Waals surface area contributed by atoms with Gasteiger partial charge in [0.25, 0.3) is 5.69 Å². The van der Waals surface area contributed by atoms with Crippen LogP contribution in [0.3, 0.4) is 0 Å². The van der Waals surface area contributed by atoms with Crippen LogP contribution in [0.25, 0.3) is 11.3 Å². The van der Waals surface area contributed by atoms with Crippen molar-refractivity contribution in [2.45, 2.75) is 11.8 Å². The predicted octanol–water partition coefficient (Wildman–Crippen LogP) is 1.86. The Morgan fingerprint density at radius 3 is 2.59 bits per heavy atom. The smallest absolute Gasteiger partial charge is 0.333 e. The van der Waals surface area contributed by atoms with Crippen LogP contribution in [-0.4, -0.2) is 42.5 Å². The Kier molecular flexibility index (Phi) is 5.36. The van der Waals surface area contributed by atoms with E-state index in [9.17, 15) is 23.3 Å². The van der Waals surface area contributed by atoms with Gasteiger partial charge in [-0.25, -0.2) is 14.1 Å². The number of methoxy groups -OCH3 is 1. The molecule has 0 spiro atoms. The second-order valence-electron chi connectivity index (χ2n) is 6.81. The first-order valence-corrected chi connectivity index (χ1v) is 8.47. The Morgan fingerprint density at radius 2 is 2.00 bits per heavy atom. The summed E-state index contributed by atoms with van der Waals surface area (Å²) >= 11 is 0. The molecule has 0 atom stereocenters. The van der Waals surface area contributed by atoms with E-state index in [2.05, 4.69) is 10.1 Å². The van der Waals surface area contributed by atoms with Gasteiger partial charge < -0.3 is 4.74 Å². The molecule has 12 heteroatoms. The third-order valence-electron chi connectivity index (χ3n) is 4.61. The summed E-state index contributed by atoms with van der Waals surface area (Å²) in [4.78, 5) is 14.9. The Balaban J connectivity index is 2.13. The highest BCUT2D eigenvalue weighted by Crippen LogP contribution is 2.34. The lowest BCUT2D eigenvalue weighted by Gasteiger charge is -2.24. The monoisotopic (exact) mass is 402 g/mol. The minimum absolute atomic E-state index is 0.162. The lowest BCUT2D eigenvalue weighted by Crippen LogP contribution is -2.29. The predicted molar refractivity (Wildman–Crippen MR) is 104 cm³/mol. The van der Waals surface area contributed by atoms with Gasteiger partial charge in [-0.15, -0.1) is 0 Å². The van der Waals surface area contributed by atoms with E-state index in [1.807, 2.05) is 0 Å². The average molecular weight is 402 g/mol. The molecule has 2 aromatic heterocycles. The normalized spacial score (nSPS) is 11.6. The van der Waals surface area contributed by atoms with Crippen molar-refractivity contribution in [2.24, 2.45) is 0 Å². The molecule has 148 valence electrons. The van der Waals surface area contributed by atoms with E-state index < -0.39 is 28.2 Å². The van der Waals surface area contributed by atoms with Crippen LogP contribution < -0.4 is 4.74 Å². The maximum atomic E-state index is 13.9. The maximum absolute atomic E-state index is 13.9. The molecule has 0 aliphatic heterocycles. The molecule has 0 amide bonds. The number of non-ortho nitro benzene ring substituents is 1. The first-order chi connectivity index (χ1) is 13.6. The minimum atomic E-state index is -2.77. The van der Waals surface area contributed by atoms with Crippen molar-refractivity contribution < 1.29 is 22.8 Å². The van der Waals surface area contributed by atoms with E-state index in [1.54, 1.807) is 27.8 Å². The molecule has 0 radical (unpaired) electrons. The van der Waals surface area contributed by atoms with Crippen LogP contribution in [0.2, 0.25) is 0 Å². The molecular weight excluding hydrogens is 387 g/mol. The molecule has 0 saturated heterocycles. The van der Waals surface area contributed by atoms with Crippen LogP contribution in [-0.2, 0) is 5.21 Å². The van der Waals surface area contributed by atoms with Gasteiger partial charge in [0.1, 0.15) is 33.0 Å². The molecule has 0 unspecified atom stereocenters. The Labute approximate surface area is 165 Å². The van der Waals surface area contributed by atoms with Crippen LogP contribution in [0.5, 0.6) is 5.75 Å². The number of halogens is 3. The zero-order valence-corrected chi connectivity index (χ0v) is 15.8. The molecule has 7 nitrogen and oxygen atoms in total. The van der Waals surface area contributed by atoms with Crippen LogP contribution in [0.4, 0.5) is 18.9 Å². The van der Waals surface area contributed by atoms with Gasteiger partial charge in [-0.05, 0) is 29.0 Å². The van der Waals surface area contributed by atoms with E-state index in [0.717, 1.165) is 12.1 Å². The van der Waals surface area contributed by atoms with Crippen molar-refractivity contribution in [1.29, 1.82) is 0 Å². The van der Waals surface area contributed by atoms with Crippen molar-refractivity contribution in [1.82, 2.24) is 14.8 Å². The van der Waals surface area contributed by atoms with Crippen molar-refractivity contribution in [2.75, 3.05) is 7.11 Å². The van der Waals surface area contributed by atoms with Gasteiger partial charge in [0.15, 0.2) is 0 Å².